The zero-order chi connectivity index (χ0) is 22.5. The molecule has 168 valence electrons. The van der Waals surface area contributed by atoms with Crippen LogP contribution in [-0.4, -0.2) is 48.3 Å². The molecule has 0 spiro atoms. The Bertz CT molecular complexity index is 1050. The van der Waals surface area contributed by atoms with Gasteiger partial charge in [-0.25, -0.2) is 4.39 Å². The van der Waals surface area contributed by atoms with Crippen molar-refractivity contribution in [3.05, 3.63) is 71.5 Å². The molecule has 4 rings (SSSR count). The second kappa shape index (κ2) is 9.96. The van der Waals surface area contributed by atoms with Crippen LogP contribution in [0.4, 0.5) is 10.3 Å². The predicted molar refractivity (Wildman–Crippen MR) is 121 cm³/mol. The van der Waals surface area contributed by atoms with Gasteiger partial charge in [-0.2, -0.15) is 0 Å². The first kappa shape index (κ1) is 22.0. The highest BCUT2D eigenvalue weighted by Gasteiger charge is 2.30. The summed E-state index contributed by atoms with van der Waals surface area (Å²) in [5.74, 6) is -0.222. The molecule has 1 aliphatic heterocycles. The summed E-state index contributed by atoms with van der Waals surface area (Å²) in [6.45, 7) is 6.82. The fraction of sp³-hybridized carbons (Fsp3) is 0.360. The quantitative estimate of drug-likeness (QED) is 0.534. The number of amides is 1. The van der Waals surface area contributed by atoms with Crippen LogP contribution in [0.1, 0.15) is 36.2 Å². The van der Waals surface area contributed by atoms with Crippen molar-refractivity contribution in [1.82, 2.24) is 10.1 Å². The number of halogens is 1. The molecule has 0 bridgehead atoms. The maximum Gasteiger partial charge on any atom is 0.257 e. The second-order valence-corrected chi connectivity index (χ2v) is 7.95. The fourth-order valence-electron chi connectivity index (χ4n) is 3.89. The molecule has 1 fully saturated rings. The topological polar surface area (TPSA) is 58.8 Å². The molecule has 1 aromatic heterocycles. The average Bonchev–Trinajstić information content (AvgIpc) is 3.26. The molecule has 0 radical (unpaired) electrons. The van der Waals surface area contributed by atoms with Crippen LogP contribution in [-0.2, 0) is 11.3 Å². The molecule has 2 heterocycles. The number of hydrogen-bond acceptors (Lipinski definition) is 5. The molecule has 0 saturated carbocycles. The van der Waals surface area contributed by atoms with E-state index in [1.165, 1.54) is 12.1 Å². The third kappa shape index (κ3) is 4.53. The number of morpholine rings is 1. The Labute approximate surface area is 187 Å². The van der Waals surface area contributed by atoms with Crippen molar-refractivity contribution in [2.24, 2.45) is 0 Å². The molecule has 32 heavy (non-hydrogen) atoms. The molecular formula is C25H28FN3O3. The zero-order valence-corrected chi connectivity index (χ0v) is 18.5. The molecule has 1 aliphatic rings. The lowest BCUT2D eigenvalue weighted by atomic mass is 10.0. The lowest BCUT2D eigenvalue weighted by molar-refractivity contribution is 0.0666. The van der Waals surface area contributed by atoms with Gasteiger partial charge in [0.05, 0.1) is 30.9 Å². The van der Waals surface area contributed by atoms with E-state index in [1.54, 1.807) is 17.0 Å². The van der Waals surface area contributed by atoms with Crippen LogP contribution in [0.15, 0.2) is 59.1 Å². The molecule has 6 nitrogen and oxygen atoms in total. The van der Waals surface area contributed by atoms with Crippen LogP contribution < -0.4 is 4.90 Å². The van der Waals surface area contributed by atoms with Crippen molar-refractivity contribution in [1.29, 1.82) is 0 Å². The van der Waals surface area contributed by atoms with Gasteiger partial charge in [0.15, 0.2) is 0 Å². The Morgan fingerprint density at radius 1 is 1.12 bits per heavy atom. The molecular weight excluding hydrogens is 409 g/mol. The van der Waals surface area contributed by atoms with E-state index in [2.05, 4.69) is 10.1 Å². The summed E-state index contributed by atoms with van der Waals surface area (Å²) in [7, 11) is 0. The molecule has 0 N–H and O–H groups in total. The van der Waals surface area contributed by atoms with Crippen LogP contribution in [0.25, 0.3) is 11.3 Å². The highest BCUT2D eigenvalue weighted by atomic mass is 19.1. The summed E-state index contributed by atoms with van der Waals surface area (Å²) in [5.41, 5.74) is 2.50. The van der Waals surface area contributed by atoms with Gasteiger partial charge in [-0.15, -0.1) is 0 Å². The second-order valence-electron chi connectivity index (χ2n) is 7.95. The van der Waals surface area contributed by atoms with E-state index in [-0.39, 0.29) is 24.1 Å². The number of hydrogen-bond donors (Lipinski definition) is 0. The first-order valence-electron chi connectivity index (χ1n) is 11.0. The highest BCUT2D eigenvalue weighted by molar-refractivity contribution is 5.94. The lowest BCUT2D eigenvalue weighted by Gasteiger charge is -2.31. The Kier molecular flexibility index (Phi) is 6.85. The molecule has 1 saturated heterocycles. The Hall–Kier alpha value is -3.19. The van der Waals surface area contributed by atoms with E-state index in [9.17, 15) is 9.18 Å². The minimum Gasteiger partial charge on any atom is -0.378 e. The summed E-state index contributed by atoms with van der Waals surface area (Å²) in [4.78, 5) is 17.2. The van der Waals surface area contributed by atoms with Crippen LogP contribution in [0, 0.1) is 5.82 Å². The normalized spacial score (nSPS) is 14.9. The summed E-state index contributed by atoms with van der Waals surface area (Å²) >= 11 is 0. The van der Waals surface area contributed by atoms with E-state index in [0.717, 1.165) is 17.5 Å². The van der Waals surface area contributed by atoms with Crippen LogP contribution in [0.5, 0.6) is 0 Å². The summed E-state index contributed by atoms with van der Waals surface area (Å²) < 4.78 is 25.8. The minimum absolute atomic E-state index is 0.0680. The van der Waals surface area contributed by atoms with E-state index < -0.39 is 5.82 Å². The average molecular weight is 438 g/mol. The molecule has 1 amide bonds. The monoisotopic (exact) mass is 437 g/mol. The van der Waals surface area contributed by atoms with Crippen molar-refractivity contribution in [3.8, 4) is 11.3 Å². The fourth-order valence-corrected chi connectivity index (χ4v) is 3.89. The van der Waals surface area contributed by atoms with E-state index in [0.29, 0.717) is 37.9 Å². The number of anilines is 1. The van der Waals surface area contributed by atoms with E-state index in [1.807, 2.05) is 44.2 Å². The molecule has 2 aromatic carbocycles. The van der Waals surface area contributed by atoms with Gasteiger partial charge in [0.2, 0.25) is 5.88 Å². The Morgan fingerprint density at radius 3 is 2.50 bits per heavy atom. The predicted octanol–water partition coefficient (Wildman–Crippen LogP) is 4.76. The third-order valence-corrected chi connectivity index (χ3v) is 5.93. The first-order valence-corrected chi connectivity index (χ1v) is 11.0. The number of nitrogens with zero attached hydrogens (tertiary/aromatic N) is 3. The van der Waals surface area contributed by atoms with Crippen molar-refractivity contribution >= 4 is 11.8 Å². The van der Waals surface area contributed by atoms with Gasteiger partial charge in [0.25, 0.3) is 5.91 Å². The van der Waals surface area contributed by atoms with Crippen molar-refractivity contribution < 1.29 is 18.4 Å². The van der Waals surface area contributed by atoms with E-state index >= 15 is 0 Å². The molecule has 0 aliphatic carbocycles. The van der Waals surface area contributed by atoms with Crippen LogP contribution in [0.2, 0.25) is 0 Å². The zero-order valence-electron chi connectivity index (χ0n) is 18.5. The van der Waals surface area contributed by atoms with Gasteiger partial charge in [0, 0.05) is 24.7 Å². The van der Waals surface area contributed by atoms with Crippen molar-refractivity contribution in [2.75, 3.05) is 31.2 Å². The standard InChI is InChI=1S/C25H28FN3O3/c1-3-18(2)29(24(30)20-11-7-8-12-22(20)26)17-21-23(19-9-5-4-6-10-19)27-32-25(21)28-13-15-31-16-14-28/h4-12,18H,3,13-17H2,1-2H3. The van der Waals surface area contributed by atoms with Gasteiger partial charge in [-0.3, -0.25) is 4.79 Å². The molecule has 1 unspecified atom stereocenters. The largest absolute Gasteiger partial charge is 0.378 e. The SMILES string of the molecule is CCC(C)N(Cc1c(-c2ccccc2)noc1N1CCOCC1)C(=O)c1ccccc1F. The lowest BCUT2D eigenvalue weighted by Crippen LogP contribution is -2.40. The van der Waals surface area contributed by atoms with Gasteiger partial charge in [-0.1, -0.05) is 54.5 Å². The summed E-state index contributed by atoms with van der Waals surface area (Å²) in [6, 6.07) is 15.8. The number of ether oxygens (including phenoxy) is 1. The number of benzene rings is 2. The molecule has 7 heteroatoms. The summed E-state index contributed by atoms with van der Waals surface area (Å²) in [6.07, 6.45) is 0.735. The first-order chi connectivity index (χ1) is 15.6. The maximum atomic E-state index is 14.5. The van der Waals surface area contributed by atoms with Gasteiger partial charge in [-0.05, 0) is 25.5 Å². The molecule has 1 atom stereocenters. The summed E-state index contributed by atoms with van der Waals surface area (Å²) in [5, 5.41) is 4.38. The smallest absolute Gasteiger partial charge is 0.257 e. The van der Waals surface area contributed by atoms with Gasteiger partial charge >= 0.3 is 0 Å². The number of aromatic nitrogens is 1. The van der Waals surface area contributed by atoms with Crippen molar-refractivity contribution in [2.45, 2.75) is 32.9 Å². The Balaban J connectivity index is 1.76. The number of carbonyl (C=O) groups excluding carboxylic acids is 1. The van der Waals surface area contributed by atoms with Crippen LogP contribution >= 0.6 is 0 Å². The number of carbonyl (C=O) groups is 1. The van der Waals surface area contributed by atoms with Gasteiger partial charge < -0.3 is 19.1 Å². The minimum atomic E-state index is -0.521. The number of rotatable bonds is 7. The highest BCUT2D eigenvalue weighted by Crippen LogP contribution is 2.34. The van der Waals surface area contributed by atoms with E-state index in [4.69, 9.17) is 9.26 Å². The van der Waals surface area contributed by atoms with Gasteiger partial charge in [0.1, 0.15) is 11.5 Å². The van der Waals surface area contributed by atoms with Crippen LogP contribution in [0.3, 0.4) is 0 Å². The molecule has 3 aromatic rings. The third-order valence-electron chi connectivity index (χ3n) is 5.93. The maximum absolute atomic E-state index is 14.5. The Morgan fingerprint density at radius 2 is 1.81 bits per heavy atom. The van der Waals surface area contributed by atoms with Crippen molar-refractivity contribution in [3.63, 3.8) is 0 Å².